The number of hydrogen-bond donors (Lipinski definition) is 2. The van der Waals surface area contributed by atoms with Gasteiger partial charge in [-0.1, -0.05) is 11.6 Å². The van der Waals surface area contributed by atoms with Crippen LogP contribution in [0.1, 0.15) is 11.3 Å². The minimum Gasteiger partial charge on any atom is -0.496 e. The van der Waals surface area contributed by atoms with Crippen molar-refractivity contribution in [2.45, 2.75) is 13.5 Å². The smallest absolute Gasteiger partial charge is 0.128 e. The van der Waals surface area contributed by atoms with Gasteiger partial charge in [0.2, 0.25) is 0 Å². The molecule has 0 spiro atoms. The highest BCUT2D eigenvalue weighted by atomic mass is 35.5. The molecule has 0 unspecified atom stereocenters. The van der Waals surface area contributed by atoms with E-state index in [1.165, 1.54) is 0 Å². The Morgan fingerprint density at radius 2 is 2.12 bits per heavy atom. The second kappa shape index (κ2) is 4.82. The van der Waals surface area contributed by atoms with E-state index in [0.29, 0.717) is 5.02 Å². The average molecular weight is 252 g/mol. The summed E-state index contributed by atoms with van der Waals surface area (Å²) in [6.45, 7) is 1.94. The maximum atomic E-state index is 9.18. The predicted octanol–water partition coefficient (Wildman–Crippen LogP) is 3.14. The zero-order chi connectivity index (χ0) is 12.4. The molecule has 2 N–H and O–H groups in total. The number of halogens is 1. The Hall–Kier alpha value is -1.45. The van der Waals surface area contributed by atoms with E-state index in [0.717, 1.165) is 28.3 Å². The van der Waals surface area contributed by atoms with Crippen molar-refractivity contribution in [3.63, 3.8) is 0 Å². The number of rotatable bonds is 3. The molecule has 1 aromatic heterocycles. The summed E-state index contributed by atoms with van der Waals surface area (Å²) in [5.74, 6) is 0.750. The van der Waals surface area contributed by atoms with Crippen molar-refractivity contribution in [1.82, 2.24) is 4.98 Å². The lowest BCUT2D eigenvalue weighted by atomic mass is 10.1. The fourth-order valence-electron chi connectivity index (χ4n) is 1.80. The van der Waals surface area contributed by atoms with Gasteiger partial charge < -0.3 is 14.8 Å². The molecule has 90 valence electrons. The van der Waals surface area contributed by atoms with E-state index in [9.17, 15) is 5.11 Å². The number of aromatic nitrogens is 1. The first-order valence-corrected chi connectivity index (χ1v) is 5.66. The van der Waals surface area contributed by atoms with Crippen molar-refractivity contribution in [2.24, 2.45) is 0 Å². The van der Waals surface area contributed by atoms with Crippen molar-refractivity contribution in [1.29, 1.82) is 0 Å². The van der Waals surface area contributed by atoms with Crippen LogP contribution in [0.3, 0.4) is 0 Å². The van der Waals surface area contributed by atoms with Crippen molar-refractivity contribution >= 4 is 11.6 Å². The number of ether oxygens (including phenoxy) is 1. The number of hydrogen-bond acceptors (Lipinski definition) is 2. The molecule has 0 atom stereocenters. The highest BCUT2D eigenvalue weighted by Gasteiger charge is 2.10. The van der Waals surface area contributed by atoms with Gasteiger partial charge in [-0.2, -0.15) is 0 Å². The monoisotopic (exact) mass is 251 g/mol. The maximum Gasteiger partial charge on any atom is 0.128 e. The van der Waals surface area contributed by atoms with E-state index < -0.39 is 0 Å². The van der Waals surface area contributed by atoms with Crippen molar-refractivity contribution in [2.75, 3.05) is 7.11 Å². The molecule has 4 heteroatoms. The lowest BCUT2D eigenvalue weighted by Gasteiger charge is -2.07. The Labute approximate surface area is 105 Å². The molecule has 0 fully saturated rings. The Bertz CT molecular complexity index is 534. The lowest BCUT2D eigenvalue weighted by Crippen LogP contribution is -1.88. The lowest BCUT2D eigenvalue weighted by molar-refractivity contribution is 0.281. The summed E-state index contributed by atoms with van der Waals surface area (Å²) in [6.07, 6.45) is 0. The molecular weight excluding hydrogens is 238 g/mol. The van der Waals surface area contributed by atoms with Gasteiger partial charge in [0.1, 0.15) is 5.75 Å². The minimum absolute atomic E-state index is 0.0191. The van der Waals surface area contributed by atoms with Crippen LogP contribution in [0, 0.1) is 6.92 Å². The molecule has 2 rings (SSSR count). The van der Waals surface area contributed by atoms with Crippen LogP contribution in [0.25, 0.3) is 11.3 Å². The van der Waals surface area contributed by atoms with Crippen LogP contribution in [-0.4, -0.2) is 17.2 Å². The molecule has 1 heterocycles. The van der Waals surface area contributed by atoms with Crippen LogP contribution >= 0.6 is 11.6 Å². The molecule has 0 radical (unpaired) electrons. The van der Waals surface area contributed by atoms with Crippen molar-refractivity contribution in [3.8, 4) is 17.0 Å². The molecule has 3 nitrogen and oxygen atoms in total. The largest absolute Gasteiger partial charge is 0.496 e. The van der Waals surface area contributed by atoms with Crippen LogP contribution < -0.4 is 4.74 Å². The van der Waals surface area contributed by atoms with E-state index in [2.05, 4.69) is 4.98 Å². The number of aliphatic hydroxyl groups excluding tert-OH is 1. The summed E-state index contributed by atoms with van der Waals surface area (Å²) in [7, 11) is 1.62. The van der Waals surface area contributed by atoms with Crippen molar-refractivity contribution in [3.05, 3.63) is 40.5 Å². The first-order valence-electron chi connectivity index (χ1n) is 5.29. The molecule has 0 aliphatic heterocycles. The Kier molecular flexibility index (Phi) is 3.41. The predicted molar refractivity (Wildman–Crippen MR) is 68.5 cm³/mol. The van der Waals surface area contributed by atoms with Crippen LogP contribution in [0.5, 0.6) is 5.75 Å². The van der Waals surface area contributed by atoms with Gasteiger partial charge in [-0.15, -0.1) is 0 Å². The van der Waals surface area contributed by atoms with Crippen LogP contribution in [-0.2, 0) is 6.61 Å². The summed E-state index contributed by atoms with van der Waals surface area (Å²) >= 11 is 5.99. The topological polar surface area (TPSA) is 45.2 Å². The number of aryl methyl sites for hydroxylation is 1. The number of aromatic amines is 1. The molecule has 0 bridgehead atoms. The third kappa shape index (κ3) is 2.30. The molecule has 0 saturated heterocycles. The normalized spacial score (nSPS) is 10.6. The van der Waals surface area contributed by atoms with E-state index >= 15 is 0 Å². The van der Waals surface area contributed by atoms with E-state index in [-0.39, 0.29) is 6.61 Å². The number of H-pyrrole nitrogens is 1. The third-order valence-corrected chi connectivity index (χ3v) is 2.98. The van der Waals surface area contributed by atoms with E-state index in [1.54, 1.807) is 13.2 Å². The first-order chi connectivity index (χ1) is 8.15. The van der Waals surface area contributed by atoms with Crippen LogP contribution in [0.4, 0.5) is 0 Å². The molecule has 17 heavy (non-hydrogen) atoms. The fraction of sp³-hybridized carbons (Fsp3) is 0.231. The summed E-state index contributed by atoms with van der Waals surface area (Å²) < 4.78 is 5.30. The molecular formula is C13H14ClNO2. The highest BCUT2D eigenvalue weighted by Crippen LogP contribution is 2.32. The summed E-state index contributed by atoms with van der Waals surface area (Å²) in [5, 5.41) is 9.83. The maximum absolute atomic E-state index is 9.18. The Morgan fingerprint density at radius 1 is 1.35 bits per heavy atom. The van der Waals surface area contributed by atoms with Gasteiger partial charge in [0.05, 0.1) is 13.7 Å². The van der Waals surface area contributed by atoms with E-state index in [1.807, 2.05) is 25.1 Å². The highest BCUT2D eigenvalue weighted by molar-refractivity contribution is 6.30. The summed E-state index contributed by atoms with van der Waals surface area (Å²) in [6, 6.07) is 7.36. The number of benzene rings is 1. The zero-order valence-electron chi connectivity index (χ0n) is 9.75. The van der Waals surface area contributed by atoms with Gasteiger partial charge in [0, 0.05) is 22.0 Å². The van der Waals surface area contributed by atoms with Crippen molar-refractivity contribution < 1.29 is 9.84 Å². The zero-order valence-corrected chi connectivity index (χ0v) is 10.5. The third-order valence-electron chi connectivity index (χ3n) is 2.74. The van der Waals surface area contributed by atoms with Gasteiger partial charge in [-0.3, -0.25) is 0 Å². The molecule has 0 amide bonds. The molecule has 0 aliphatic carbocycles. The molecule has 0 saturated carbocycles. The summed E-state index contributed by atoms with van der Waals surface area (Å²) in [4.78, 5) is 3.22. The van der Waals surface area contributed by atoms with Crippen LogP contribution in [0.2, 0.25) is 5.02 Å². The molecule has 0 aliphatic rings. The number of aliphatic hydroxyl groups is 1. The van der Waals surface area contributed by atoms with Gasteiger partial charge in [0.15, 0.2) is 0 Å². The Balaban J connectivity index is 2.54. The second-order valence-corrected chi connectivity index (χ2v) is 4.27. The number of methoxy groups -OCH3 is 1. The minimum atomic E-state index is 0.0191. The Morgan fingerprint density at radius 3 is 2.71 bits per heavy atom. The standard InChI is InChI=1S/C13H14ClNO2/c1-8-9(7-16)5-12(15-8)11-6-10(14)3-4-13(11)17-2/h3-6,15-16H,7H2,1-2H3. The van der Waals surface area contributed by atoms with Gasteiger partial charge >= 0.3 is 0 Å². The second-order valence-electron chi connectivity index (χ2n) is 3.84. The summed E-state index contributed by atoms with van der Waals surface area (Å²) in [5.41, 5.74) is 3.61. The van der Waals surface area contributed by atoms with Gasteiger partial charge in [-0.25, -0.2) is 0 Å². The van der Waals surface area contributed by atoms with Crippen LogP contribution in [0.15, 0.2) is 24.3 Å². The molecule has 1 aromatic carbocycles. The fourth-order valence-corrected chi connectivity index (χ4v) is 1.97. The average Bonchev–Trinajstić information content (AvgIpc) is 2.70. The first kappa shape index (κ1) is 12.0. The van der Waals surface area contributed by atoms with E-state index in [4.69, 9.17) is 16.3 Å². The van der Waals surface area contributed by atoms with Gasteiger partial charge in [0.25, 0.3) is 0 Å². The van der Waals surface area contributed by atoms with Gasteiger partial charge in [-0.05, 0) is 36.8 Å². The number of nitrogens with one attached hydrogen (secondary N) is 1. The molecule has 2 aromatic rings. The SMILES string of the molecule is COc1ccc(Cl)cc1-c1cc(CO)c(C)[nH]1. The quantitative estimate of drug-likeness (QED) is 0.880.